The molecule has 102 valence electrons. The monoisotopic (exact) mass is 275 g/mol. The van der Waals surface area contributed by atoms with Crippen LogP contribution in [0.3, 0.4) is 0 Å². The number of nitriles is 2. The van der Waals surface area contributed by atoms with Gasteiger partial charge >= 0.3 is 0 Å². The van der Waals surface area contributed by atoms with Crippen molar-refractivity contribution in [1.29, 1.82) is 10.5 Å². The van der Waals surface area contributed by atoms with E-state index in [1.165, 1.54) is 12.1 Å². The zero-order valence-electron chi connectivity index (χ0n) is 11.5. The second-order valence-corrected chi connectivity index (χ2v) is 4.61. The number of carbonyl (C=O) groups excluding carboxylic acids is 1. The molecule has 0 aromatic heterocycles. The van der Waals surface area contributed by atoms with E-state index in [4.69, 9.17) is 10.5 Å². The number of anilines is 1. The van der Waals surface area contributed by atoms with Gasteiger partial charge < -0.3 is 5.32 Å². The SMILES string of the molecule is C[C@H](C(=O)Nc1ccc(C#N)c(C#N)c1)c1ccccc1. The van der Waals surface area contributed by atoms with Crippen molar-refractivity contribution in [3.63, 3.8) is 0 Å². The molecule has 4 heteroatoms. The molecule has 21 heavy (non-hydrogen) atoms. The highest BCUT2D eigenvalue weighted by molar-refractivity contribution is 5.95. The molecule has 2 rings (SSSR count). The Morgan fingerprint density at radius 2 is 1.71 bits per heavy atom. The highest BCUT2D eigenvalue weighted by Crippen LogP contribution is 2.19. The van der Waals surface area contributed by atoms with Gasteiger partial charge in [-0.05, 0) is 30.7 Å². The summed E-state index contributed by atoms with van der Waals surface area (Å²) in [6.45, 7) is 1.82. The first-order chi connectivity index (χ1) is 10.2. The maximum Gasteiger partial charge on any atom is 0.231 e. The number of hydrogen-bond acceptors (Lipinski definition) is 3. The van der Waals surface area contributed by atoms with Gasteiger partial charge in [-0.15, -0.1) is 0 Å². The van der Waals surface area contributed by atoms with E-state index in [0.717, 1.165) is 5.56 Å². The van der Waals surface area contributed by atoms with Gasteiger partial charge in [0.1, 0.15) is 12.1 Å². The molecule has 2 aromatic carbocycles. The Labute approximate surface area is 123 Å². The quantitative estimate of drug-likeness (QED) is 0.934. The van der Waals surface area contributed by atoms with Crippen molar-refractivity contribution in [3.8, 4) is 12.1 Å². The molecule has 0 spiro atoms. The van der Waals surface area contributed by atoms with Gasteiger partial charge in [0.15, 0.2) is 0 Å². The molecule has 1 amide bonds. The van der Waals surface area contributed by atoms with Gasteiger partial charge in [0, 0.05) is 5.69 Å². The third-order valence-corrected chi connectivity index (χ3v) is 3.22. The lowest BCUT2D eigenvalue weighted by Crippen LogP contribution is -2.18. The standard InChI is InChI=1S/C17H13N3O/c1-12(13-5-3-2-4-6-13)17(21)20-16-8-7-14(10-18)15(9-16)11-19/h2-9,12H,1H3,(H,20,21)/t12-/m0/s1. The van der Waals surface area contributed by atoms with Crippen molar-refractivity contribution in [3.05, 3.63) is 65.2 Å². The second-order valence-electron chi connectivity index (χ2n) is 4.61. The summed E-state index contributed by atoms with van der Waals surface area (Å²) in [4.78, 5) is 12.2. The summed E-state index contributed by atoms with van der Waals surface area (Å²) in [5.41, 5.74) is 1.98. The van der Waals surface area contributed by atoms with Crippen molar-refractivity contribution < 1.29 is 4.79 Å². The van der Waals surface area contributed by atoms with Crippen LogP contribution >= 0.6 is 0 Å². The number of benzene rings is 2. The van der Waals surface area contributed by atoms with Crippen LogP contribution in [0.15, 0.2) is 48.5 Å². The first-order valence-corrected chi connectivity index (χ1v) is 6.45. The Morgan fingerprint density at radius 1 is 1.05 bits per heavy atom. The van der Waals surface area contributed by atoms with Crippen molar-refractivity contribution in [2.45, 2.75) is 12.8 Å². The smallest absolute Gasteiger partial charge is 0.231 e. The number of hydrogen-bond donors (Lipinski definition) is 1. The molecular weight excluding hydrogens is 262 g/mol. The Morgan fingerprint density at radius 3 is 2.33 bits per heavy atom. The van der Waals surface area contributed by atoms with Gasteiger partial charge in [-0.1, -0.05) is 30.3 Å². The number of amides is 1. The fourth-order valence-electron chi connectivity index (χ4n) is 1.96. The molecule has 0 fully saturated rings. The van der Waals surface area contributed by atoms with Crippen LogP contribution in [0, 0.1) is 22.7 Å². The highest BCUT2D eigenvalue weighted by Gasteiger charge is 2.15. The van der Waals surface area contributed by atoms with Gasteiger partial charge in [-0.2, -0.15) is 10.5 Å². The van der Waals surface area contributed by atoms with E-state index in [-0.39, 0.29) is 17.4 Å². The molecule has 0 saturated carbocycles. The van der Waals surface area contributed by atoms with Gasteiger partial charge in [-0.25, -0.2) is 0 Å². The summed E-state index contributed by atoms with van der Waals surface area (Å²) < 4.78 is 0. The summed E-state index contributed by atoms with van der Waals surface area (Å²) in [5, 5.41) is 20.6. The third-order valence-electron chi connectivity index (χ3n) is 3.22. The number of nitrogens with zero attached hydrogens (tertiary/aromatic N) is 2. The molecule has 0 unspecified atom stereocenters. The van der Waals surface area contributed by atoms with Gasteiger partial charge in [0.05, 0.1) is 17.0 Å². The normalized spacial score (nSPS) is 11.0. The molecule has 4 nitrogen and oxygen atoms in total. The Balaban J connectivity index is 2.17. The van der Waals surface area contributed by atoms with Crippen LogP contribution in [0.25, 0.3) is 0 Å². The first kappa shape index (κ1) is 14.3. The lowest BCUT2D eigenvalue weighted by Gasteiger charge is -2.12. The molecule has 0 aliphatic carbocycles. The first-order valence-electron chi connectivity index (χ1n) is 6.45. The lowest BCUT2D eigenvalue weighted by molar-refractivity contribution is -0.117. The number of rotatable bonds is 3. The van der Waals surface area contributed by atoms with Crippen LogP contribution in [0.5, 0.6) is 0 Å². The lowest BCUT2D eigenvalue weighted by atomic mass is 10.0. The molecular formula is C17H13N3O. The van der Waals surface area contributed by atoms with Crippen molar-refractivity contribution in [1.82, 2.24) is 0 Å². The Bertz CT molecular complexity index is 739. The topological polar surface area (TPSA) is 76.7 Å². The number of carbonyl (C=O) groups is 1. The summed E-state index contributed by atoms with van der Waals surface area (Å²) in [6, 6.07) is 18.0. The van der Waals surface area contributed by atoms with E-state index in [9.17, 15) is 4.79 Å². The molecule has 0 bridgehead atoms. The minimum absolute atomic E-state index is 0.158. The van der Waals surface area contributed by atoms with Crippen LogP contribution in [0.4, 0.5) is 5.69 Å². The molecule has 0 aliphatic rings. The number of nitrogens with one attached hydrogen (secondary N) is 1. The minimum atomic E-state index is -0.299. The zero-order valence-corrected chi connectivity index (χ0v) is 11.5. The Kier molecular flexibility index (Phi) is 4.33. The fourth-order valence-corrected chi connectivity index (χ4v) is 1.96. The highest BCUT2D eigenvalue weighted by atomic mass is 16.1. The van der Waals surface area contributed by atoms with Crippen LogP contribution in [0.2, 0.25) is 0 Å². The average Bonchev–Trinajstić information content (AvgIpc) is 2.54. The predicted molar refractivity (Wildman–Crippen MR) is 79.4 cm³/mol. The Hall–Kier alpha value is -3.11. The van der Waals surface area contributed by atoms with Crippen LogP contribution in [-0.2, 0) is 4.79 Å². The van der Waals surface area contributed by atoms with E-state index < -0.39 is 0 Å². The zero-order chi connectivity index (χ0) is 15.2. The van der Waals surface area contributed by atoms with Crippen LogP contribution < -0.4 is 5.32 Å². The summed E-state index contributed by atoms with van der Waals surface area (Å²) in [6.07, 6.45) is 0. The van der Waals surface area contributed by atoms with E-state index in [1.807, 2.05) is 49.4 Å². The predicted octanol–water partition coefficient (Wildman–Crippen LogP) is 3.17. The molecule has 1 atom stereocenters. The van der Waals surface area contributed by atoms with Crippen molar-refractivity contribution in [2.24, 2.45) is 0 Å². The van der Waals surface area contributed by atoms with E-state index in [1.54, 1.807) is 6.07 Å². The van der Waals surface area contributed by atoms with Gasteiger partial charge in [0.2, 0.25) is 5.91 Å². The van der Waals surface area contributed by atoms with Crippen LogP contribution in [-0.4, -0.2) is 5.91 Å². The summed E-state index contributed by atoms with van der Waals surface area (Å²) >= 11 is 0. The average molecular weight is 275 g/mol. The molecule has 1 N–H and O–H groups in total. The van der Waals surface area contributed by atoms with E-state index >= 15 is 0 Å². The molecule has 0 aliphatic heterocycles. The van der Waals surface area contributed by atoms with Crippen LogP contribution in [0.1, 0.15) is 29.5 Å². The van der Waals surface area contributed by atoms with Gasteiger partial charge in [-0.3, -0.25) is 4.79 Å². The third kappa shape index (κ3) is 3.26. The van der Waals surface area contributed by atoms with E-state index in [2.05, 4.69) is 5.32 Å². The fraction of sp³-hybridized carbons (Fsp3) is 0.118. The molecule has 0 heterocycles. The second kappa shape index (κ2) is 6.36. The van der Waals surface area contributed by atoms with Crippen molar-refractivity contribution >= 4 is 11.6 Å². The maximum atomic E-state index is 12.2. The van der Waals surface area contributed by atoms with Gasteiger partial charge in [0.25, 0.3) is 0 Å². The largest absolute Gasteiger partial charge is 0.326 e. The minimum Gasteiger partial charge on any atom is -0.326 e. The van der Waals surface area contributed by atoms with Crippen molar-refractivity contribution in [2.75, 3.05) is 5.32 Å². The molecule has 0 saturated heterocycles. The molecule has 0 radical (unpaired) electrons. The summed E-state index contributed by atoms with van der Waals surface area (Å²) in [7, 11) is 0. The molecule has 2 aromatic rings. The summed E-state index contributed by atoms with van der Waals surface area (Å²) in [5.74, 6) is -0.456. The van der Waals surface area contributed by atoms with E-state index in [0.29, 0.717) is 11.3 Å². The maximum absolute atomic E-state index is 12.2.